The normalized spacial score (nSPS) is 28.0. The highest BCUT2D eigenvalue weighted by Gasteiger charge is 2.40. The van der Waals surface area contributed by atoms with Gasteiger partial charge in [0.1, 0.15) is 6.26 Å². The van der Waals surface area contributed by atoms with Gasteiger partial charge in [0.05, 0.1) is 5.69 Å². The molecule has 2 aliphatic rings. The number of likely N-dealkylation sites (N-methyl/N-ethyl adjacent to an activating group) is 1. The van der Waals surface area contributed by atoms with Crippen LogP contribution in [0.2, 0.25) is 0 Å². The van der Waals surface area contributed by atoms with Gasteiger partial charge in [0.25, 0.3) is 0 Å². The first-order chi connectivity index (χ1) is 10.8. The van der Waals surface area contributed by atoms with E-state index >= 15 is 0 Å². The van der Waals surface area contributed by atoms with E-state index in [9.17, 15) is 0 Å². The van der Waals surface area contributed by atoms with Gasteiger partial charge in [-0.15, -0.1) is 0 Å². The summed E-state index contributed by atoms with van der Waals surface area (Å²) >= 11 is 0. The van der Waals surface area contributed by atoms with Crippen LogP contribution in [0.1, 0.15) is 35.1 Å². The molecule has 5 rings (SSSR count). The third kappa shape index (κ3) is 1.64. The van der Waals surface area contributed by atoms with Crippen LogP contribution in [0.3, 0.4) is 0 Å². The second-order valence-corrected chi connectivity index (χ2v) is 6.76. The third-order valence-electron chi connectivity index (χ3n) is 5.60. The van der Waals surface area contributed by atoms with E-state index in [1.807, 2.05) is 6.07 Å². The van der Waals surface area contributed by atoms with E-state index in [1.54, 1.807) is 6.26 Å². The summed E-state index contributed by atoms with van der Waals surface area (Å²) in [6.07, 6.45) is 6.18. The molecule has 3 atom stereocenters. The van der Waals surface area contributed by atoms with Gasteiger partial charge < -0.3 is 14.4 Å². The first-order valence-electron chi connectivity index (χ1n) is 8.00. The molecule has 1 N–H and O–H groups in total. The van der Waals surface area contributed by atoms with Crippen molar-refractivity contribution in [2.75, 3.05) is 13.6 Å². The Kier molecular flexibility index (Phi) is 2.53. The number of piperidine rings is 1. The highest BCUT2D eigenvalue weighted by molar-refractivity contribution is 5.88. The van der Waals surface area contributed by atoms with Crippen molar-refractivity contribution in [2.24, 2.45) is 0 Å². The van der Waals surface area contributed by atoms with Crippen molar-refractivity contribution in [2.45, 2.75) is 30.7 Å². The van der Waals surface area contributed by atoms with Crippen molar-refractivity contribution < 1.29 is 4.52 Å². The third-order valence-corrected chi connectivity index (χ3v) is 5.60. The van der Waals surface area contributed by atoms with E-state index in [1.165, 1.54) is 22.0 Å². The Hall–Kier alpha value is -2.07. The smallest absolute Gasteiger partial charge is 0.124 e. The van der Waals surface area contributed by atoms with Gasteiger partial charge >= 0.3 is 0 Å². The lowest BCUT2D eigenvalue weighted by molar-refractivity contribution is 0.137. The molecule has 0 amide bonds. The molecule has 3 aromatic rings. The van der Waals surface area contributed by atoms with Gasteiger partial charge in [0.2, 0.25) is 0 Å². The highest BCUT2D eigenvalue weighted by Crippen LogP contribution is 2.46. The molecule has 0 bridgehead atoms. The molecular weight excluding hydrogens is 274 g/mol. The molecule has 4 heteroatoms. The number of likely N-dealkylation sites (tertiary alicyclic amines) is 1. The maximum Gasteiger partial charge on any atom is 0.124 e. The van der Waals surface area contributed by atoms with Gasteiger partial charge in [-0.3, -0.25) is 0 Å². The van der Waals surface area contributed by atoms with E-state index in [0.717, 1.165) is 25.1 Å². The molecule has 1 aliphatic heterocycles. The number of benzene rings is 1. The number of hydrogen-bond acceptors (Lipinski definition) is 3. The fourth-order valence-electron chi connectivity index (χ4n) is 4.59. The van der Waals surface area contributed by atoms with Crippen molar-refractivity contribution in [3.63, 3.8) is 0 Å². The van der Waals surface area contributed by atoms with E-state index in [2.05, 4.69) is 46.5 Å². The average molecular weight is 293 g/mol. The maximum atomic E-state index is 5.07. The van der Waals surface area contributed by atoms with Gasteiger partial charge in [-0.2, -0.15) is 0 Å². The number of aromatic nitrogens is 2. The molecule has 4 nitrogen and oxygen atoms in total. The van der Waals surface area contributed by atoms with E-state index in [0.29, 0.717) is 17.9 Å². The largest absolute Gasteiger partial charge is 0.365 e. The van der Waals surface area contributed by atoms with Gasteiger partial charge in [-0.25, -0.2) is 0 Å². The zero-order valence-electron chi connectivity index (χ0n) is 12.6. The van der Waals surface area contributed by atoms with Crippen molar-refractivity contribution in [1.82, 2.24) is 15.0 Å². The van der Waals surface area contributed by atoms with Crippen LogP contribution in [-0.4, -0.2) is 34.7 Å². The topological polar surface area (TPSA) is 45.1 Å². The van der Waals surface area contributed by atoms with Gasteiger partial charge in [-0.05, 0) is 37.1 Å². The second kappa shape index (κ2) is 4.46. The van der Waals surface area contributed by atoms with Gasteiger partial charge in [-0.1, -0.05) is 17.3 Å². The molecule has 22 heavy (non-hydrogen) atoms. The standard InChI is InChI=1S/C18H19N3O/c1-21-10-12(15-5-6-22-20-15)7-14-13-3-2-4-16-18(13)11(9-19-16)8-17(14)21/h2-6,9,12,14,17,19H,7-8,10H2,1H3/t12-,14-,17-/m1/s1. The monoisotopic (exact) mass is 293 g/mol. The summed E-state index contributed by atoms with van der Waals surface area (Å²) in [6, 6.07) is 9.29. The second-order valence-electron chi connectivity index (χ2n) is 6.76. The predicted molar refractivity (Wildman–Crippen MR) is 85.0 cm³/mol. The number of fused-ring (bicyclic) bond motifs is 2. The van der Waals surface area contributed by atoms with E-state index in [-0.39, 0.29) is 0 Å². The summed E-state index contributed by atoms with van der Waals surface area (Å²) in [4.78, 5) is 5.95. The lowest BCUT2D eigenvalue weighted by Gasteiger charge is -2.45. The molecule has 0 unspecified atom stereocenters. The van der Waals surface area contributed by atoms with Gasteiger partial charge in [0, 0.05) is 47.6 Å². The van der Waals surface area contributed by atoms with Crippen LogP contribution >= 0.6 is 0 Å². The SMILES string of the molecule is CN1C[C@H](c2ccon2)C[C@@H]2c3cccc4[nH]cc(c34)C[C@H]21. The number of hydrogen-bond donors (Lipinski definition) is 1. The van der Waals surface area contributed by atoms with Crippen LogP contribution in [0, 0.1) is 0 Å². The van der Waals surface area contributed by atoms with Gasteiger partial charge in [0.15, 0.2) is 0 Å². The molecule has 2 aromatic heterocycles. The number of nitrogens with zero attached hydrogens (tertiary/aromatic N) is 2. The lowest BCUT2D eigenvalue weighted by atomic mass is 9.72. The molecule has 0 spiro atoms. The molecule has 0 saturated carbocycles. The van der Waals surface area contributed by atoms with Crippen molar-refractivity contribution in [1.29, 1.82) is 0 Å². The molecule has 1 aliphatic carbocycles. The number of H-pyrrole nitrogens is 1. The highest BCUT2D eigenvalue weighted by atomic mass is 16.5. The number of rotatable bonds is 1. The molecule has 0 radical (unpaired) electrons. The zero-order valence-corrected chi connectivity index (χ0v) is 12.6. The first-order valence-corrected chi connectivity index (χ1v) is 8.00. The maximum absolute atomic E-state index is 5.07. The van der Waals surface area contributed by atoms with E-state index in [4.69, 9.17) is 4.52 Å². The molecule has 112 valence electrons. The Morgan fingerprint density at radius 3 is 3.14 bits per heavy atom. The molecule has 1 aromatic carbocycles. The molecule has 3 heterocycles. The van der Waals surface area contributed by atoms with Crippen LogP contribution in [0.5, 0.6) is 0 Å². The summed E-state index contributed by atoms with van der Waals surface area (Å²) in [5, 5.41) is 5.64. The number of aromatic amines is 1. The van der Waals surface area contributed by atoms with Crippen molar-refractivity contribution in [3.05, 3.63) is 53.5 Å². The summed E-state index contributed by atoms with van der Waals surface area (Å²) in [5.74, 6) is 1.04. The minimum atomic E-state index is 0.459. The van der Waals surface area contributed by atoms with Crippen LogP contribution in [-0.2, 0) is 6.42 Å². The quantitative estimate of drug-likeness (QED) is 0.749. The van der Waals surface area contributed by atoms with Crippen LogP contribution in [0.25, 0.3) is 10.9 Å². The summed E-state index contributed by atoms with van der Waals surface area (Å²) in [5.41, 5.74) is 5.35. The van der Waals surface area contributed by atoms with Crippen molar-refractivity contribution >= 4 is 10.9 Å². The molecular formula is C18H19N3O. The summed E-state index contributed by atoms with van der Waals surface area (Å²) in [7, 11) is 2.25. The fraction of sp³-hybridized carbons (Fsp3) is 0.389. The average Bonchev–Trinajstić information content (AvgIpc) is 3.19. The molecule has 1 saturated heterocycles. The Morgan fingerprint density at radius 2 is 2.27 bits per heavy atom. The minimum Gasteiger partial charge on any atom is -0.365 e. The Bertz CT molecular complexity index is 820. The Morgan fingerprint density at radius 1 is 1.32 bits per heavy atom. The van der Waals surface area contributed by atoms with Crippen molar-refractivity contribution in [3.8, 4) is 0 Å². The van der Waals surface area contributed by atoms with Crippen LogP contribution in [0.15, 0.2) is 41.2 Å². The lowest BCUT2D eigenvalue weighted by Crippen LogP contribution is -2.47. The summed E-state index contributed by atoms with van der Waals surface area (Å²) < 4.78 is 5.07. The Balaban J connectivity index is 1.62. The van der Waals surface area contributed by atoms with Crippen LogP contribution < -0.4 is 0 Å². The fourth-order valence-corrected chi connectivity index (χ4v) is 4.59. The summed E-state index contributed by atoms with van der Waals surface area (Å²) in [6.45, 7) is 1.06. The Labute approximate surface area is 129 Å². The minimum absolute atomic E-state index is 0.459. The van der Waals surface area contributed by atoms with Crippen LogP contribution in [0.4, 0.5) is 0 Å². The first kappa shape index (κ1) is 12.5. The number of nitrogens with one attached hydrogen (secondary N) is 1. The van der Waals surface area contributed by atoms with E-state index < -0.39 is 0 Å². The zero-order chi connectivity index (χ0) is 14.7. The predicted octanol–water partition coefficient (Wildman–Crippen LogP) is 3.28. The molecule has 1 fully saturated rings.